The average Bonchev–Trinajstić information content (AvgIpc) is 1.96. The van der Waals surface area contributed by atoms with Crippen molar-refractivity contribution >= 4 is 0 Å². The van der Waals surface area contributed by atoms with E-state index in [0.29, 0.717) is 0 Å². The summed E-state index contributed by atoms with van der Waals surface area (Å²) in [4.78, 5) is 10.6. The van der Waals surface area contributed by atoms with E-state index in [4.69, 9.17) is 5.11 Å². The Bertz CT molecular complexity index is 296. The third kappa shape index (κ3) is 1.31. The lowest BCUT2D eigenvalue weighted by Crippen LogP contribution is -1.91. The molecule has 0 spiro atoms. The molecule has 0 aromatic heterocycles. The second-order valence-electron chi connectivity index (χ2n) is 1.80. The minimum absolute atomic E-state index is 0.567. The highest BCUT2D eigenvalue weighted by atomic mass is 19.1. The van der Waals surface area contributed by atoms with Crippen molar-refractivity contribution in [2.45, 2.75) is 0 Å². The third-order valence-corrected chi connectivity index (χ3v) is 1.03. The Morgan fingerprint density at radius 1 is 1.40 bits per heavy atom. The summed E-state index contributed by atoms with van der Waals surface area (Å²) in [5, 5.41) is 8.71. The fourth-order valence-corrected chi connectivity index (χ4v) is 0.563. The summed E-state index contributed by atoms with van der Waals surface area (Å²) in [6, 6.07) is 4.22. The van der Waals surface area contributed by atoms with Crippen molar-refractivity contribution in [3.8, 4) is 5.75 Å². The van der Waals surface area contributed by atoms with Gasteiger partial charge in [0.1, 0.15) is 5.82 Å². The Labute approximate surface area is 56.6 Å². The van der Waals surface area contributed by atoms with E-state index in [1.165, 1.54) is 6.07 Å². The van der Waals surface area contributed by atoms with E-state index in [2.05, 4.69) is 0 Å². The summed E-state index contributed by atoms with van der Waals surface area (Å²) in [5.74, 6) is -1.19. The van der Waals surface area contributed by atoms with Gasteiger partial charge in [-0.15, -0.1) is 0 Å². The van der Waals surface area contributed by atoms with Gasteiger partial charge in [-0.25, -0.2) is 4.39 Å². The lowest BCUT2D eigenvalue weighted by atomic mass is 10.5. The minimum Gasteiger partial charge on any atom is -0.504 e. The lowest BCUT2D eigenvalue weighted by molar-refractivity contribution is 0.466. The van der Waals surface area contributed by atoms with E-state index in [0.717, 1.165) is 18.2 Å². The molecule has 0 amide bonds. The molecular weight excluding hydrogens is 135 g/mol. The van der Waals surface area contributed by atoms with E-state index in [1.54, 1.807) is 0 Å². The van der Waals surface area contributed by atoms with Gasteiger partial charge in [0.2, 0.25) is 5.43 Å². The number of halogens is 1. The molecule has 10 heavy (non-hydrogen) atoms. The molecule has 52 valence electrons. The Balaban J connectivity index is 3.46. The normalized spacial score (nSPS) is 9.30. The molecule has 2 nitrogen and oxygen atoms in total. The van der Waals surface area contributed by atoms with Crippen molar-refractivity contribution in [3.63, 3.8) is 0 Å². The molecule has 0 heterocycles. The van der Waals surface area contributed by atoms with Crippen molar-refractivity contribution in [1.82, 2.24) is 0 Å². The predicted octanol–water partition coefficient (Wildman–Crippen LogP) is 0.891. The molecule has 0 radical (unpaired) electrons. The Morgan fingerprint density at radius 2 is 2.10 bits per heavy atom. The van der Waals surface area contributed by atoms with Crippen molar-refractivity contribution in [2.24, 2.45) is 0 Å². The quantitative estimate of drug-likeness (QED) is 0.581. The van der Waals surface area contributed by atoms with Gasteiger partial charge in [0.25, 0.3) is 0 Å². The first-order valence-electron chi connectivity index (χ1n) is 2.69. The first-order valence-corrected chi connectivity index (χ1v) is 2.69. The SMILES string of the molecule is O=c1cccc(F)cc1O. The van der Waals surface area contributed by atoms with E-state index in [1.807, 2.05) is 0 Å². The van der Waals surface area contributed by atoms with Crippen LogP contribution in [0.25, 0.3) is 0 Å². The van der Waals surface area contributed by atoms with Gasteiger partial charge in [-0.3, -0.25) is 4.79 Å². The van der Waals surface area contributed by atoms with Crippen LogP contribution in [0.5, 0.6) is 5.75 Å². The van der Waals surface area contributed by atoms with Gasteiger partial charge in [-0.05, 0) is 12.1 Å². The maximum Gasteiger partial charge on any atom is 0.220 e. The third-order valence-electron chi connectivity index (χ3n) is 1.03. The van der Waals surface area contributed by atoms with Crippen LogP contribution in [0, 0.1) is 5.82 Å². The van der Waals surface area contributed by atoms with Crippen molar-refractivity contribution in [2.75, 3.05) is 0 Å². The fourth-order valence-electron chi connectivity index (χ4n) is 0.563. The van der Waals surface area contributed by atoms with Gasteiger partial charge < -0.3 is 5.11 Å². The molecule has 0 aliphatic carbocycles. The molecule has 1 rings (SSSR count). The number of hydrogen-bond acceptors (Lipinski definition) is 2. The molecule has 0 aliphatic rings. The van der Waals surface area contributed by atoms with Gasteiger partial charge in [0.15, 0.2) is 5.75 Å². The molecule has 0 saturated carbocycles. The zero-order valence-corrected chi connectivity index (χ0v) is 5.04. The predicted molar refractivity (Wildman–Crippen MR) is 34.3 cm³/mol. The standard InChI is InChI=1S/C7H5FO2/c8-5-2-1-3-6(9)7(10)4-5/h1-4H,(H,9,10). The van der Waals surface area contributed by atoms with Crippen LogP contribution in [0.2, 0.25) is 0 Å². The Kier molecular flexibility index (Phi) is 1.67. The van der Waals surface area contributed by atoms with Gasteiger partial charge in [0.05, 0.1) is 0 Å². The highest BCUT2D eigenvalue weighted by Crippen LogP contribution is 2.00. The number of hydrogen-bond donors (Lipinski definition) is 1. The van der Waals surface area contributed by atoms with Gasteiger partial charge in [-0.2, -0.15) is 0 Å². The monoisotopic (exact) mass is 140 g/mol. The molecule has 0 fully saturated rings. The van der Waals surface area contributed by atoms with Crippen LogP contribution in [0.4, 0.5) is 4.39 Å². The molecule has 0 saturated heterocycles. The Morgan fingerprint density at radius 3 is 2.80 bits per heavy atom. The van der Waals surface area contributed by atoms with Crippen LogP contribution >= 0.6 is 0 Å². The van der Waals surface area contributed by atoms with Crippen LogP contribution in [-0.2, 0) is 0 Å². The second-order valence-corrected chi connectivity index (χ2v) is 1.80. The van der Waals surface area contributed by atoms with Crippen LogP contribution in [0.3, 0.4) is 0 Å². The molecule has 0 unspecified atom stereocenters. The molecule has 0 bridgehead atoms. The minimum atomic E-state index is -0.625. The molecule has 3 heteroatoms. The maximum atomic E-state index is 12.3. The first kappa shape index (κ1) is 6.74. The largest absolute Gasteiger partial charge is 0.504 e. The van der Waals surface area contributed by atoms with Gasteiger partial charge in [0, 0.05) is 6.07 Å². The summed E-state index contributed by atoms with van der Waals surface area (Å²) < 4.78 is 12.3. The molecule has 1 aromatic carbocycles. The van der Waals surface area contributed by atoms with E-state index in [-0.39, 0.29) is 0 Å². The number of aromatic hydroxyl groups is 1. The second kappa shape index (κ2) is 2.47. The summed E-state index contributed by atoms with van der Waals surface area (Å²) >= 11 is 0. The van der Waals surface area contributed by atoms with Crippen molar-refractivity contribution in [3.05, 3.63) is 40.3 Å². The van der Waals surface area contributed by atoms with Crippen LogP contribution < -0.4 is 5.43 Å². The fraction of sp³-hybridized carbons (Fsp3) is 0. The van der Waals surface area contributed by atoms with Crippen LogP contribution in [0.15, 0.2) is 29.1 Å². The smallest absolute Gasteiger partial charge is 0.220 e. The summed E-state index contributed by atoms with van der Waals surface area (Å²) in [6.07, 6.45) is 0. The molecule has 0 atom stereocenters. The van der Waals surface area contributed by atoms with Crippen molar-refractivity contribution in [1.29, 1.82) is 0 Å². The summed E-state index contributed by atoms with van der Waals surface area (Å²) in [6.45, 7) is 0. The van der Waals surface area contributed by atoms with E-state index in [9.17, 15) is 9.18 Å². The highest BCUT2D eigenvalue weighted by Gasteiger charge is 1.92. The molecule has 0 aliphatic heterocycles. The first-order chi connectivity index (χ1) is 4.70. The van der Waals surface area contributed by atoms with E-state index < -0.39 is 17.0 Å². The van der Waals surface area contributed by atoms with Crippen molar-refractivity contribution < 1.29 is 9.50 Å². The van der Waals surface area contributed by atoms with Gasteiger partial charge >= 0.3 is 0 Å². The molecular formula is C7H5FO2. The van der Waals surface area contributed by atoms with Gasteiger partial charge in [-0.1, -0.05) is 6.07 Å². The zero-order chi connectivity index (χ0) is 7.56. The highest BCUT2D eigenvalue weighted by molar-refractivity contribution is 5.19. The lowest BCUT2D eigenvalue weighted by Gasteiger charge is -1.78. The Hall–Kier alpha value is -1.38. The number of rotatable bonds is 0. The summed E-state index contributed by atoms with van der Waals surface area (Å²) in [7, 11) is 0. The molecule has 1 N–H and O–H groups in total. The van der Waals surface area contributed by atoms with E-state index >= 15 is 0 Å². The van der Waals surface area contributed by atoms with Crippen LogP contribution in [-0.4, -0.2) is 5.11 Å². The molecule has 1 aromatic rings. The summed E-state index contributed by atoms with van der Waals surface area (Å²) in [5.41, 5.74) is -0.580. The van der Waals surface area contributed by atoms with Crippen LogP contribution in [0.1, 0.15) is 0 Å². The zero-order valence-electron chi connectivity index (χ0n) is 5.04. The maximum absolute atomic E-state index is 12.3. The topological polar surface area (TPSA) is 37.3 Å². The average molecular weight is 140 g/mol.